The number of amides is 3. The van der Waals surface area contributed by atoms with E-state index in [0.29, 0.717) is 10.6 Å². The largest absolute Gasteiger partial charge is 0.459 e. The Balaban J connectivity index is 2.24. The van der Waals surface area contributed by atoms with Crippen LogP contribution in [-0.2, 0) is 19.9 Å². The quantitative estimate of drug-likeness (QED) is 0.653. The molecule has 24 heavy (non-hydrogen) atoms. The Labute approximate surface area is 150 Å². The predicted molar refractivity (Wildman–Crippen MR) is 89.9 cm³/mol. The lowest BCUT2D eigenvalue weighted by atomic mass is 9.92. The van der Waals surface area contributed by atoms with Crippen molar-refractivity contribution in [1.29, 1.82) is 0 Å². The van der Waals surface area contributed by atoms with Crippen LogP contribution in [-0.4, -0.2) is 35.0 Å². The highest BCUT2D eigenvalue weighted by Gasteiger charge is 2.50. The number of nitrogens with one attached hydrogen (secondary N) is 1. The standard InChI is InChI=1S/C16H18Cl2N2O4/c1-15(2,3)24-12(21)8-20-13(22)16(4,19-14(20)23)9-5-6-10(17)11(18)7-9/h5-7H,8H2,1-4H3,(H,19,23). The van der Waals surface area contributed by atoms with Gasteiger partial charge < -0.3 is 10.1 Å². The molecule has 0 radical (unpaired) electrons. The van der Waals surface area contributed by atoms with E-state index >= 15 is 0 Å². The van der Waals surface area contributed by atoms with Gasteiger partial charge in [-0.1, -0.05) is 29.3 Å². The second-order valence-corrected chi connectivity index (χ2v) is 7.48. The summed E-state index contributed by atoms with van der Waals surface area (Å²) < 4.78 is 5.15. The fraction of sp³-hybridized carbons (Fsp3) is 0.438. The fourth-order valence-corrected chi connectivity index (χ4v) is 2.64. The first-order chi connectivity index (χ1) is 10.9. The van der Waals surface area contributed by atoms with Gasteiger partial charge in [0.15, 0.2) is 0 Å². The number of carbonyl (C=O) groups excluding carboxylic acids is 3. The summed E-state index contributed by atoms with van der Waals surface area (Å²) in [5, 5.41) is 3.20. The monoisotopic (exact) mass is 372 g/mol. The summed E-state index contributed by atoms with van der Waals surface area (Å²) in [7, 11) is 0. The lowest BCUT2D eigenvalue weighted by Gasteiger charge is -2.23. The lowest BCUT2D eigenvalue weighted by molar-refractivity contribution is -0.157. The number of rotatable bonds is 3. The zero-order chi connectivity index (χ0) is 18.3. The molecular weight excluding hydrogens is 355 g/mol. The third-order valence-electron chi connectivity index (χ3n) is 3.48. The average molecular weight is 373 g/mol. The minimum absolute atomic E-state index is 0.267. The van der Waals surface area contributed by atoms with Crippen LogP contribution in [0.15, 0.2) is 18.2 Å². The van der Waals surface area contributed by atoms with E-state index in [4.69, 9.17) is 27.9 Å². The number of hydrogen-bond acceptors (Lipinski definition) is 4. The zero-order valence-corrected chi connectivity index (χ0v) is 15.3. The molecule has 2 rings (SSSR count). The molecule has 1 N–H and O–H groups in total. The van der Waals surface area contributed by atoms with Crippen molar-refractivity contribution in [3.05, 3.63) is 33.8 Å². The van der Waals surface area contributed by atoms with Crippen molar-refractivity contribution in [3.63, 3.8) is 0 Å². The molecule has 1 heterocycles. The molecule has 6 nitrogen and oxygen atoms in total. The van der Waals surface area contributed by atoms with Gasteiger partial charge in [0.1, 0.15) is 17.7 Å². The van der Waals surface area contributed by atoms with Crippen LogP contribution < -0.4 is 5.32 Å². The van der Waals surface area contributed by atoms with Gasteiger partial charge in [-0.3, -0.25) is 14.5 Å². The number of benzene rings is 1. The molecule has 130 valence electrons. The minimum atomic E-state index is -1.33. The van der Waals surface area contributed by atoms with Crippen LogP contribution in [0.4, 0.5) is 4.79 Å². The van der Waals surface area contributed by atoms with E-state index in [9.17, 15) is 14.4 Å². The van der Waals surface area contributed by atoms with Gasteiger partial charge in [-0.25, -0.2) is 4.79 Å². The van der Waals surface area contributed by atoms with Gasteiger partial charge in [0.2, 0.25) is 0 Å². The fourth-order valence-electron chi connectivity index (χ4n) is 2.35. The number of ether oxygens (including phenoxy) is 1. The highest BCUT2D eigenvalue weighted by Crippen LogP contribution is 2.33. The molecular formula is C16H18Cl2N2O4. The Bertz CT molecular complexity index is 715. The highest BCUT2D eigenvalue weighted by atomic mass is 35.5. The molecule has 0 bridgehead atoms. The summed E-state index contributed by atoms with van der Waals surface area (Å²) in [4.78, 5) is 37.6. The lowest BCUT2D eigenvalue weighted by Crippen LogP contribution is -2.42. The first-order valence-electron chi connectivity index (χ1n) is 7.25. The second kappa shape index (κ2) is 6.26. The first-order valence-corrected chi connectivity index (χ1v) is 8.01. The molecule has 1 aliphatic heterocycles. The summed E-state index contributed by atoms with van der Waals surface area (Å²) in [6, 6.07) is 3.99. The summed E-state index contributed by atoms with van der Waals surface area (Å²) >= 11 is 11.9. The van der Waals surface area contributed by atoms with Gasteiger partial charge in [0.05, 0.1) is 10.0 Å². The molecule has 1 aliphatic rings. The predicted octanol–water partition coefficient (Wildman–Crippen LogP) is 3.10. The number of urea groups is 1. The van der Waals surface area contributed by atoms with Crippen molar-refractivity contribution in [1.82, 2.24) is 10.2 Å². The SMILES string of the molecule is CC(C)(C)OC(=O)CN1C(=O)NC(C)(c2ccc(Cl)c(Cl)c2)C1=O. The molecule has 0 saturated carbocycles. The smallest absolute Gasteiger partial charge is 0.326 e. The van der Waals surface area contributed by atoms with E-state index < -0.39 is 35.6 Å². The van der Waals surface area contributed by atoms with Crippen LogP contribution >= 0.6 is 23.2 Å². The Morgan fingerprint density at radius 2 is 1.88 bits per heavy atom. The van der Waals surface area contributed by atoms with Crippen LogP contribution in [0.5, 0.6) is 0 Å². The molecule has 1 aromatic carbocycles. The van der Waals surface area contributed by atoms with Gasteiger partial charge in [-0.15, -0.1) is 0 Å². The van der Waals surface area contributed by atoms with Crippen LogP contribution in [0.3, 0.4) is 0 Å². The van der Waals surface area contributed by atoms with Crippen molar-refractivity contribution in [2.75, 3.05) is 6.54 Å². The Hall–Kier alpha value is -1.79. The molecule has 1 unspecified atom stereocenters. The molecule has 1 fully saturated rings. The Kier molecular flexibility index (Phi) is 4.84. The van der Waals surface area contributed by atoms with Gasteiger partial charge in [0.25, 0.3) is 5.91 Å². The third kappa shape index (κ3) is 3.65. The summed E-state index contributed by atoms with van der Waals surface area (Å²) in [5.41, 5.74) is -1.56. The maximum atomic E-state index is 12.7. The van der Waals surface area contributed by atoms with Crippen molar-refractivity contribution in [3.8, 4) is 0 Å². The number of halogens is 2. The van der Waals surface area contributed by atoms with Gasteiger partial charge >= 0.3 is 12.0 Å². The topological polar surface area (TPSA) is 75.7 Å². The van der Waals surface area contributed by atoms with Crippen LogP contribution in [0, 0.1) is 0 Å². The molecule has 0 aliphatic carbocycles. The van der Waals surface area contributed by atoms with Crippen molar-refractivity contribution >= 4 is 41.1 Å². The number of nitrogens with zero attached hydrogens (tertiary/aromatic N) is 1. The number of imide groups is 1. The van der Waals surface area contributed by atoms with Crippen LogP contribution in [0.25, 0.3) is 0 Å². The maximum Gasteiger partial charge on any atom is 0.326 e. The molecule has 1 atom stereocenters. The summed E-state index contributed by atoms with van der Waals surface area (Å²) in [6.45, 7) is 6.20. The van der Waals surface area contributed by atoms with Crippen molar-refractivity contribution in [2.24, 2.45) is 0 Å². The van der Waals surface area contributed by atoms with Gasteiger partial charge in [0, 0.05) is 0 Å². The van der Waals surface area contributed by atoms with Crippen LogP contribution in [0.1, 0.15) is 33.3 Å². The van der Waals surface area contributed by atoms with E-state index in [0.717, 1.165) is 4.90 Å². The molecule has 8 heteroatoms. The third-order valence-corrected chi connectivity index (χ3v) is 4.22. The Morgan fingerprint density at radius 1 is 1.25 bits per heavy atom. The minimum Gasteiger partial charge on any atom is -0.459 e. The summed E-state index contributed by atoms with van der Waals surface area (Å²) in [6.07, 6.45) is 0. The van der Waals surface area contributed by atoms with Crippen molar-refractivity contribution in [2.45, 2.75) is 38.8 Å². The van der Waals surface area contributed by atoms with E-state index in [1.165, 1.54) is 6.07 Å². The summed E-state index contributed by atoms with van der Waals surface area (Å²) in [5.74, 6) is -1.22. The number of hydrogen-bond donors (Lipinski definition) is 1. The molecule has 1 aromatic rings. The average Bonchev–Trinajstić information content (AvgIpc) is 2.64. The molecule has 0 aromatic heterocycles. The molecule has 0 spiro atoms. The van der Waals surface area contributed by atoms with E-state index in [2.05, 4.69) is 5.32 Å². The maximum absolute atomic E-state index is 12.7. The van der Waals surface area contributed by atoms with Gasteiger partial charge in [-0.05, 0) is 45.4 Å². The number of esters is 1. The van der Waals surface area contributed by atoms with Gasteiger partial charge in [-0.2, -0.15) is 0 Å². The second-order valence-electron chi connectivity index (χ2n) is 6.66. The van der Waals surface area contributed by atoms with E-state index in [-0.39, 0.29) is 5.02 Å². The normalized spacial score (nSPS) is 21.0. The zero-order valence-electron chi connectivity index (χ0n) is 13.8. The molecule has 3 amide bonds. The number of carbonyl (C=O) groups is 3. The van der Waals surface area contributed by atoms with E-state index in [1.54, 1.807) is 39.8 Å². The van der Waals surface area contributed by atoms with E-state index in [1.807, 2.05) is 0 Å². The van der Waals surface area contributed by atoms with Crippen LogP contribution in [0.2, 0.25) is 10.0 Å². The highest BCUT2D eigenvalue weighted by molar-refractivity contribution is 6.42. The Morgan fingerprint density at radius 3 is 2.42 bits per heavy atom. The van der Waals surface area contributed by atoms with Crippen molar-refractivity contribution < 1.29 is 19.1 Å². The first kappa shape index (κ1) is 18.5. The molecule has 1 saturated heterocycles.